The highest BCUT2D eigenvalue weighted by molar-refractivity contribution is 5.30. The predicted octanol–water partition coefficient (Wildman–Crippen LogP) is 1.88. The van der Waals surface area contributed by atoms with Crippen molar-refractivity contribution in [3.8, 4) is 0 Å². The molecule has 0 unspecified atom stereocenters. The second-order valence-corrected chi connectivity index (χ2v) is 5.91. The van der Waals surface area contributed by atoms with Crippen molar-refractivity contribution in [3.63, 3.8) is 0 Å². The molecular weight excluding hydrogens is 238 g/mol. The molecule has 2 heterocycles. The Morgan fingerprint density at radius 3 is 2.47 bits per heavy atom. The van der Waals surface area contributed by atoms with Gasteiger partial charge in [-0.25, -0.2) is 9.97 Å². The zero-order valence-electron chi connectivity index (χ0n) is 11.6. The van der Waals surface area contributed by atoms with Gasteiger partial charge in [-0.1, -0.05) is 6.92 Å². The number of hydrogen-bond donors (Lipinski definition) is 1. The number of piperidine rings is 1. The van der Waals surface area contributed by atoms with Gasteiger partial charge in [-0.3, -0.25) is 0 Å². The lowest BCUT2D eigenvalue weighted by Crippen LogP contribution is -2.35. The Kier molecular flexibility index (Phi) is 3.69. The lowest BCUT2D eigenvalue weighted by atomic mass is 9.91. The highest BCUT2D eigenvalue weighted by Gasteiger charge is 2.43. The molecule has 1 aromatic rings. The van der Waals surface area contributed by atoms with E-state index in [4.69, 9.17) is 5.11 Å². The van der Waals surface area contributed by atoms with Gasteiger partial charge in [0.1, 0.15) is 0 Å². The van der Waals surface area contributed by atoms with E-state index >= 15 is 0 Å². The van der Waals surface area contributed by atoms with Crippen molar-refractivity contribution in [2.45, 2.75) is 32.6 Å². The summed E-state index contributed by atoms with van der Waals surface area (Å²) in [6.45, 7) is 4.62. The Labute approximate surface area is 114 Å². The maximum atomic E-state index is 9.16. The van der Waals surface area contributed by atoms with E-state index in [1.165, 1.54) is 24.8 Å². The van der Waals surface area contributed by atoms with E-state index < -0.39 is 0 Å². The quantitative estimate of drug-likeness (QED) is 0.899. The molecule has 3 rings (SSSR count). The van der Waals surface area contributed by atoms with Crippen molar-refractivity contribution >= 4 is 5.95 Å². The Bertz CT molecular complexity index is 412. The van der Waals surface area contributed by atoms with Crippen LogP contribution in [0, 0.1) is 17.8 Å². The molecule has 1 N–H and O–H groups in total. The lowest BCUT2D eigenvalue weighted by molar-refractivity contribution is 0.248. The van der Waals surface area contributed by atoms with Crippen LogP contribution in [0.2, 0.25) is 0 Å². The molecule has 0 amide bonds. The molecule has 104 valence electrons. The first kappa shape index (κ1) is 12.9. The molecule has 1 aliphatic heterocycles. The van der Waals surface area contributed by atoms with E-state index in [1.807, 2.05) is 12.4 Å². The number of aliphatic hydroxyl groups is 1. The number of aryl methyl sites for hydroxylation is 1. The van der Waals surface area contributed by atoms with Crippen molar-refractivity contribution in [2.75, 3.05) is 24.6 Å². The van der Waals surface area contributed by atoms with Crippen molar-refractivity contribution in [1.29, 1.82) is 0 Å². The highest BCUT2D eigenvalue weighted by Crippen LogP contribution is 2.47. The van der Waals surface area contributed by atoms with Crippen molar-refractivity contribution in [2.24, 2.45) is 17.8 Å². The van der Waals surface area contributed by atoms with Gasteiger partial charge in [-0.2, -0.15) is 0 Å². The zero-order chi connectivity index (χ0) is 13.2. The minimum absolute atomic E-state index is 0.381. The Balaban J connectivity index is 1.54. The van der Waals surface area contributed by atoms with Gasteiger partial charge in [0.2, 0.25) is 5.95 Å². The van der Waals surface area contributed by atoms with Crippen molar-refractivity contribution in [3.05, 3.63) is 18.0 Å². The highest BCUT2D eigenvalue weighted by atomic mass is 16.3. The van der Waals surface area contributed by atoms with E-state index in [-0.39, 0.29) is 0 Å². The number of hydrogen-bond acceptors (Lipinski definition) is 4. The van der Waals surface area contributed by atoms with Crippen LogP contribution in [0.25, 0.3) is 0 Å². The van der Waals surface area contributed by atoms with Gasteiger partial charge in [-0.05, 0) is 49.0 Å². The third kappa shape index (κ3) is 2.73. The monoisotopic (exact) mass is 261 g/mol. The van der Waals surface area contributed by atoms with E-state index in [1.54, 1.807) is 0 Å². The van der Waals surface area contributed by atoms with Crippen LogP contribution in [-0.2, 0) is 6.42 Å². The summed E-state index contributed by atoms with van der Waals surface area (Å²) in [5.41, 5.74) is 1.20. The summed E-state index contributed by atoms with van der Waals surface area (Å²) in [6.07, 6.45) is 8.56. The first-order valence-corrected chi connectivity index (χ1v) is 7.48. The molecule has 2 aliphatic rings. The standard InChI is InChI=1S/C15H23N3O/c1-2-11-8-16-15(17-9-11)18-5-3-12(4-6-18)14-7-13(14)10-19/h8-9,12-14,19H,2-7,10H2,1H3/t13-,14+/m0/s1. The fourth-order valence-corrected chi connectivity index (χ4v) is 3.28. The largest absolute Gasteiger partial charge is 0.396 e. The van der Waals surface area contributed by atoms with Crippen LogP contribution in [0.15, 0.2) is 12.4 Å². The van der Waals surface area contributed by atoms with Crippen molar-refractivity contribution < 1.29 is 5.11 Å². The molecule has 0 bridgehead atoms. The van der Waals surface area contributed by atoms with Gasteiger partial charge in [-0.15, -0.1) is 0 Å². The van der Waals surface area contributed by atoms with E-state index in [0.717, 1.165) is 37.3 Å². The smallest absolute Gasteiger partial charge is 0.225 e. The molecule has 0 radical (unpaired) electrons. The molecule has 2 fully saturated rings. The summed E-state index contributed by atoms with van der Waals surface area (Å²) < 4.78 is 0. The van der Waals surface area contributed by atoms with Gasteiger partial charge < -0.3 is 10.0 Å². The van der Waals surface area contributed by atoms with Gasteiger partial charge >= 0.3 is 0 Å². The Hall–Kier alpha value is -1.16. The van der Waals surface area contributed by atoms with E-state index in [0.29, 0.717) is 12.5 Å². The van der Waals surface area contributed by atoms with Gasteiger partial charge in [0.25, 0.3) is 0 Å². The molecule has 4 heteroatoms. The SMILES string of the molecule is CCc1cnc(N2CCC([C@H]3C[C@H]3CO)CC2)nc1. The summed E-state index contributed by atoms with van der Waals surface area (Å²) >= 11 is 0. The molecule has 19 heavy (non-hydrogen) atoms. The van der Waals surface area contributed by atoms with Gasteiger partial charge in [0.15, 0.2) is 0 Å². The molecule has 1 saturated heterocycles. The Morgan fingerprint density at radius 1 is 1.26 bits per heavy atom. The number of rotatable bonds is 4. The van der Waals surface area contributed by atoms with E-state index in [9.17, 15) is 0 Å². The minimum atomic E-state index is 0.381. The van der Waals surface area contributed by atoms with E-state index in [2.05, 4.69) is 21.8 Å². The van der Waals surface area contributed by atoms with Crippen LogP contribution >= 0.6 is 0 Å². The molecule has 1 aromatic heterocycles. The average Bonchev–Trinajstić information content (AvgIpc) is 3.27. The molecule has 1 saturated carbocycles. The van der Waals surface area contributed by atoms with Crippen LogP contribution < -0.4 is 4.90 Å². The summed E-state index contributed by atoms with van der Waals surface area (Å²) in [7, 11) is 0. The summed E-state index contributed by atoms with van der Waals surface area (Å²) in [6, 6.07) is 0. The van der Waals surface area contributed by atoms with Gasteiger partial charge in [0, 0.05) is 32.1 Å². The van der Waals surface area contributed by atoms with Crippen LogP contribution in [-0.4, -0.2) is 34.8 Å². The fraction of sp³-hybridized carbons (Fsp3) is 0.733. The third-order valence-corrected chi connectivity index (χ3v) is 4.74. The maximum absolute atomic E-state index is 9.16. The van der Waals surface area contributed by atoms with Crippen molar-refractivity contribution in [1.82, 2.24) is 9.97 Å². The number of nitrogens with zero attached hydrogens (tertiary/aromatic N) is 3. The molecular formula is C15H23N3O. The normalized spacial score (nSPS) is 27.6. The fourth-order valence-electron chi connectivity index (χ4n) is 3.28. The van der Waals surface area contributed by atoms with Crippen LogP contribution in [0.3, 0.4) is 0 Å². The topological polar surface area (TPSA) is 49.2 Å². The molecule has 2 atom stereocenters. The van der Waals surface area contributed by atoms with Crippen LogP contribution in [0.1, 0.15) is 31.7 Å². The number of anilines is 1. The molecule has 1 aliphatic carbocycles. The molecule has 4 nitrogen and oxygen atoms in total. The second kappa shape index (κ2) is 5.45. The first-order chi connectivity index (χ1) is 9.31. The summed E-state index contributed by atoms with van der Waals surface area (Å²) in [5, 5.41) is 9.16. The molecule has 0 spiro atoms. The number of aromatic nitrogens is 2. The zero-order valence-corrected chi connectivity index (χ0v) is 11.6. The third-order valence-electron chi connectivity index (χ3n) is 4.74. The summed E-state index contributed by atoms with van der Waals surface area (Å²) in [5.74, 6) is 3.07. The van der Waals surface area contributed by atoms with Gasteiger partial charge in [0.05, 0.1) is 0 Å². The minimum Gasteiger partial charge on any atom is -0.396 e. The lowest BCUT2D eigenvalue weighted by Gasteiger charge is -2.32. The average molecular weight is 261 g/mol. The summed E-state index contributed by atoms with van der Waals surface area (Å²) in [4.78, 5) is 11.2. The predicted molar refractivity (Wildman–Crippen MR) is 75.0 cm³/mol. The van der Waals surface area contributed by atoms with Crippen LogP contribution in [0.4, 0.5) is 5.95 Å². The first-order valence-electron chi connectivity index (χ1n) is 7.48. The van der Waals surface area contributed by atoms with Crippen LogP contribution in [0.5, 0.6) is 0 Å². The molecule has 0 aromatic carbocycles. The second-order valence-electron chi connectivity index (χ2n) is 5.91. The Morgan fingerprint density at radius 2 is 1.95 bits per heavy atom. The maximum Gasteiger partial charge on any atom is 0.225 e. The number of aliphatic hydroxyl groups excluding tert-OH is 1.